The molecule has 0 fully saturated rings. The van der Waals surface area contributed by atoms with Crippen LogP contribution in [0.15, 0.2) is 47.3 Å². The van der Waals surface area contributed by atoms with Crippen molar-refractivity contribution in [1.82, 2.24) is 15.3 Å². The van der Waals surface area contributed by atoms with E-state index in [9.17, 15) is 35.9 Å². The summed E-state index contributed by atoms with van der Waals surface area (Å²) in [5, 5.41) is 2.17. The number of hydrogen-bond donors (Lipinski definition) is 2. The van der Waals surface area contributed by atoms with Gasteiger partial charge in [-0.2, -0.15) is 26.3 Å². The topological polar surface area (TPSA) is 120 Å². The second-order valence-corrected chi connectivity index (χ2v) is 7.08. The average molecular weight is 502 g/mol. The molecule has 8 nitrogen and oxygen atoms in total. The molecule has 3 aromatic rings. The third-order valence-electron chi connectivity index (χ3n) is 4.60. The monoisotopic (exact) mass is 502 g/mol. The molecule has 3 N–H and O–H groups in total. The van der Waals surface area contributed by atoms with Crippen molar-refractivity contribution in [1.29, 1.82) is 0 Å². The standard InChI is InChI=1S/C21H16F6N4O4/c1-10(20(22,23)24)34-19(33)14-7-12(21(25,26)27)5-11-6-13(35-16(11)14)9-31-18(32)15(8-28)17-29-3-2-4-30-17/h2-8,10H,9,28H2,1H3,(H,31,32)/b15-8+. The fourth-order valence-electron chi connectivity index (χ4n) is 2.85. The molecule has 1 aromatic carbocycles. The number of rotatable bonds is 6. The quantitative estimate of drug-likeness (QED) is 0.297. The molecule has 0 aliphatic heterocycles. The summed E-state index contributed by atoms with van der Waals surface area (Å²) in [5.41, 5.74) is 2.74. The van der Waals surface area contributed by atoms with E-state index in [-0.39, 0.29) is 29.1 Å². The van der Waals surface area contributed by atoms with Gasteiger partial charge in [-0.15, -0.1) is 0 Å². The van der Waals surface area contributed by atoms with Gasteiger partial charge in [0.1, 0.15) is 16.9 Å². The van der Waals surface area contributed by atoms with Gasteiger partial charge in [0.15, 0.2) is 11.9 Å². The second-order valence-electron chi connectivity index (χ2n) is 7.08. The average Bonchev–Trinajstić information content (AvgIpc) is 3.20. The van der Waals surface area contributed by atoms with E-state index in [1.165, 1.54) is 18.5 Å². The zero-order chi connectivity index (χ0) is 26.0. The molecule has 0 saturated heterocycles. The lowest BCUT2D eigenvalue weighted by atomic mass is 10.1. The number of benzene rings is 1. The van der Waals surface area contributed by atoms with Gasteiger partial charge in [0.25, 0.3) is 5.91 Å². The lowest BCUT2D eigenvalue weighted by Crippen LogP contribution is -2.31. The third-order valence-corrected chi connectivity index (χ3v) is 4.60. The highest BCUT2D eigenvalue weighted by Gasteiger charge is 2.40. The number of halogens is 6. The van der Waals surface area contributed by atoms with Gasteiger partial charge < -0.3 is 20.2 Å². The molecule has 2 aromatic heterocycles. The van der Waals surface area contributed by atoms with Crippen molar-refractivity contribution in [3.63, 3.8) is 0 Å². The predicted molar refractivity (Wildman–Crippen MR) is 108 cm³/mol. The molecule has 0 aliphatic rings. The maximum Gasteiger partial charge on any atom is 0.425 e. The van der Waals surface area contributed by atoms with Gasteiger partial charge >= 0.3 is 18.3 Å². The fraction of sp³-hybridized carbons (Fsp3) is 0.238. The molecular weight excluding hydrogens is 486 g/mol. The number of ether oxygens (including phenoxy) is 1. The number of nitrogens with two attached hydrogens (primary N) is 1. The molecule has 35 heavy (non-hydrogen) atoms. The number of carbonyl (C=O) groups is 2. The third kappa shape index (κ3) is 5.88. The van der Waals surface area contributed by atoms with Crippen molar-refractivity contribution in [2.24, 2.45) is 5.73 Å². The predicted octanol–water partition coefficient (Wildman–Crippen LogP) is 3.97. The van der Waals surface area contributed by atoms with Crippen LogP contribution in [0, 0.1) is 0 Å². The SMILES string of the molecule is CC(OC(=O)c1cc(C(F)(F)F)cc2cc(CNC(=O)/C(=C/N)c3ncccn3)oc12)C(F)(F)F. The van der Waals surface area contributed by atoms with E-state index in [0.29, 0.717) is 19.1 Å². The Morgan fingerprint density at radius 3 is 2.37 bits per heavy atom. The van der Waals surface area contributed by atoms with Crippen molar-refractivity contribution in [3.8, 4) is 0 Å². The molecule has 0 bridgehead atoms. The summed E-state index contributed by atoms with van der Waals surface area (Å²) < 4.78 is 87.9. The smallest absolute Gasteiger partial charge is 0.425 e. The summed E-state index contributed by atoms with van der Waals surface area (Å²) in [5.74, 6) is -2.49. The minimum Gasteiger partial charge on any atom is -0.458 e. The van der Waals surface area contributed by atoms with Crippen LogP contribution in [-0.2, 0) is 22.3 Å². The van der Waals surface area contributed by atoms with E-state index < -0.39 is 47.0 Å². The lowest BCUT2D eigenvalue weighted by Gasteiger charge is -2.17. The zero-order valence-corrected chi connectivity index (χ0v) is 17.7. The summed E-state index contributed by atoms with van der Waals surface area (Å²) in [6.45, 7) is 0.164. The Morgan fingerprint density at radius 1 is 1.14 bits per heavy atom. The van der Waals surface area contributed by atoms with E-state index in [4.69, 9.17) is 10.2 Å². The van der Waals surface area contributed by atoms with Gasteiger partial charge in [0.2, 0.25) is 0 Å². The zero-order valence-electron chi connectivity index (χ0n) is 17.7. The first-order valence-electron chi connectivity index (χ1n) is 9.70. The molecule has 0 saturated carbocycles. The summed E-state index contributed by atoms with van der Waals surface area (Å²) >= 11 is 0. The van der Waals surface area contributed by atoms with Crippen molar-refractivity contribution < 1.29 is 45.1 Å². The van der Waals surface area contributed by atoms with Crippen LogP contribution in [0.4, 0.5) is 26.3 Å². The number of alkyl halides is 6. The molecule has 0 radical (unpaired) electrons. The fourth-order valence-corrected chi connectivity index (χ4v) is 2.85. The molecule has 2 heterocycles. The maximum atomic E-state index is 13.3. The van der Waals surface area contributed by atoms with Gasteiger partial charge in [-0.1, -0.05) is 0 Å². The van der Waals surface area contributed by atoms with Crippen molar-refractivity contribution in [2.45, 2.75) is 31.9 Å². The van der Waals surface area contributed by atoms with E-state index in [1.807, 2.05) is 0 Å². The number of hydrogen-bond acceptors (Lipinski definition) is 7. The van der Waals surface area contributed by atoms with E-state index >= 15 is 0 Å². The van der Waals surface area contributed by atoms with Crippen LogP contribution in [0.25, 0.3) is 16.5 Å². The van der Waals surface area contributed by atoms with Crippen LogP contribution in [0.2, 0.25) is 0 Å². The highest BCUT2D eigenvalue weighted by atomic mass is 19.4. The highest BCUT2D eigenvalue weighted by Crippen LogP contribution is 2.35. The van der Waals surface area contributed by atoms with Crippen molar-refractivity contribution in [2.75, 3.05) is 0 Å². The number of esters is 1. The van der Waals surface area contributed by atoms with Crippen LogP contribution in [-0.4, -0.2) is 34.1 Å². The number of amides is 1. The van der Waals surface area contributed by atoms with Crippen molar-refractivity contribution >= 4 is 28.4 Å². The molecule has 3 rings (SSSR count). The van der Waals surface area contributed by atoms with Crippen molar-refractivity contribution in [3.05, 3.63) is 65.6 Å². The Kier molecular flexibility index (Phi) is 7.03. The number of carbonyl (C=O) groups excluding carboxylic acids is 2. The highest BCUT2D eigenvalue weighted by molar-refractivity contribution is 6.18. The molecule has 1 atom stereocenters. The summed E-state index contributed by atoms with van der Waals surface area (Å²) in [4.78, 5) is 32.5. The van der Waals surface area contributed by atoms with E-state index in [1.54, 1.807) is 0 Å². The lowest BCUT2D eigenvalue weighted by molar-refractivity contribution is -0.198. The maximum absolute atomic E-state index is 13.3. The first-order valence-corrected chi connectivity index (χ1v) is 9.70. The first kappa shape index (κ1) is 25.5. The Morgan fingerprint density at radius 2 is 1.80 bits per heavy atom. The van der Waals surface area contributed by atoms with Gasteiger partial charge in [0, 0.05) is 24.0 Å². The normalized spacial score (nSPS) is 13.5. The van der Waals surface area contributed by atoms with Crippen LogP contribution < -0.4 is 11.1 Å². The second kappa shape index (κ2) is 9.64. The van der Waals surface area contributed by atoms with Crippen LogP contribution in [0.1, 0.15) is 34.4 Å². The van der Waals surface area contributed by atoms with Crippen LogP contribution in [0.3, 0.4) is 0 Å². The van der Waals surface area contributed by atoms with Crippen LogP contribution in [0.5, 0.6) is 0 Å². The molecule has 1 unspecified atom stereocenters. The Labute approximate surface area is 192 Å². The van der Waals surface area contributed by atoms with E-state index in [2.05, 4.69) is 20.0 Å². The molecule has 0 spiro atoms. The van der Waals surface area contributed by atoms with Gasteiger partial charge in [-0.05, 0) is 31.2 Å². The van der Waals surface area contributed by atoms with Gasteiger partial charge in [-0.25, -0.2) is 14.8 Å². The first-order chi connectivity index (χ1) is 16.3. The molecule has 0 aliphatic carbocycles. The number of nitrogens with zero attached hydrogens (tertiary/aromatic N) is 2. The molecule has 14 heteroatoms. The number of nitrogens with one attached hydrogen (secondary N) is 1. The van der Waals surface area contributed by atoms with Crippen LogP contribution >= 0.6 is 0 Å². The Balaban J connectivity index is 1.91. The van der Waals surface area contributed by atoms with E-state index in [0.717, 1.165) is 12.3 Å². The summed E-state index contributed by atoms with van der Waals surface area (Å²) in [6.07, 6.45) is -8.72. The van der Waals surface area contributed by atoms with Gasteiger partial charge in [-0.3, -0.25) is 4.79 Å². The Bertz CT molecular complexity index is 1270. The molecule has 1 amide bonds. The summed E-state index contributed by atoms with van der Waals surface area (Å²) in [6, 6.07) is 3.59. The largest absolute Gasteiger partial charge is 0.458 e. The molecular formula is C21H16F6N4O4. The van der Waals surface area contributed by atoms with Gasteiger partial charge in [0.05, 0.1) is 17.7 Å². The number of furan rings is 1. The summed E-state index contributed by atoms with van der Waals surface area (Å²) in [7, 11) is 0. The minimum atomic E-state index is -4.92. The molecule has 186 valence electrons. The number of aromatic nitrogens is 2. The number of fused-ring (bicyclic) bond motifs is 1. The minimum absolute atomic E-state index is 0.00995. The Hall–Kier alpha value is -4.10.